The van der Waals surface area contributed by atoms with Crippen molar-refractivity contribution in [2.75, 3.05) is 18.9 Å². The summed E-state index contributed by atoms with van der Waals surface area (Å²) in [7, 11) is -4.46. The van der Waals surface area contributed by atoms with E-state index in [1.807, 2.05) is 13.8 Å². The van der Waals surface area contributed by atoms with Gasteiger partial charge >= 0.3 is 16.4 Å². The summed E-state index contributed by atoms with van der Waals surface area (Å²) < 4.78 is 34.6. The fraction of sp³-hybridized carbons (Fsp3) is 0.824. The lowest BCUT2D eigenvalue weighted by Gasteiger charge is -2.37. The molecule has 2 atom stereocenters. The number of hydrogen-bond acceptors (Lipinski definition) is 8. The van der Waals surface area contributed by atoms with Gasteiger partial charge < -0.3 is 10.6 Å². The highest BCUT2D eigenvalue weighted by molar-refractivity contribution is 8.13. The third-order valence-electron chi connectivity index (χ3n) is 5.02. The topological polar surface area (TPSA) is 136 Å². The van der Waals surface area contributed by atoms with Crippen molar-refractivity contribution >= 4 is 39.2 Å². The van der Waals surface area contributed by atoms with Crippen LogP contribution in [0.2, 0.25) is 0 Å². The summed E-state index contributed by atoms with van der Waals surface area (Å²) in [6.45, 7) is 5.40. The molecule has 0 aromatic heterocycles. The van der Waals surface area contributed by atoms with Gasteiger partial charge in [0, 0.05) is 19.2 Å². The number of hydroxylamine groups is 2. The molecule has 3 aliphatic rings. The van der Waals surface area contributed by atoms with Gasteiger partial charge in [-0.05, 0) is 37.5 Å². The summed E-state index contributed by atoms with van der Waals surface area (Å²) in [5.41, 5.74) is 4.90. The van der Waals surface area contributed by atoms with Crippen LogP contribution in [0.1, 0.15) is 52.9 Å². The standard InChI is InChI=1S/C17H29N3O7S2/c1-12(21)28-10-4-8-17(2,3)11-26-29(24,25)27-20-13-5-6-14(15(18)22)19(9-7-13)16(20)23/h13-14H,4-11H2,1-3H3,(H2,18,22)/t13-,14+/m1/s1. The predicted octanol–water partition coefficient (Wildman–Crippen LogP) is 1.41. The molecule has 2 N–H and O–H groups in total. The Morgan fingerprint density at radius 1 is 1.28 bits per heavy atom. The molecule has 0 unspecified atom stereocenters. The first-order valence-electron chi connectivity index (χ1n) is 9.53. The second kappa shape index (κ2) is 9.63. The van der Waals surface area contributed by atoms with E-state index in [2.05, 4.69) is 0 Å². The zero-order valence-corrected chi connectivity index (χ0v) is 18.6. The SMILES string of the molecule is CC(=O)SCCCC(C)(C)COS(=O)(=O)ON1C(=O)N2CC[C@H]1CC[C@H]2C(N)=O. The van der Waals surface area contributed by atoms with Crippen LogP contribution >= 0.6 is 11.8 Å². The maximum atomic E-state index is 12.6. The summed E-state index contributed by atoms with van der Waals surface area (Å²) in [6.07, 6.45) is 2.63. The molecule has 3 rings (SSSR count). The number of rotatable bonds is 10. The number of hydrogen-bond donors (Lipinski definition) is 1. The summed E-state index contributed by atoms with van der Waals surface area (Å²) in [4.78, 5) is 36.4. The lowest BCUT2D eigenvalue weighted by atomic mass is 9.89. The lowest BCUT2D eigenvalue weighted by Crippen LogP contribution is -2.56. The Morgan fingerprint density at radius 2 is 1.97 bits per heavy atom. The highest BCUT2D eigenvalue weighted by atomic mass is 32.3. The third-order valence-corrected chi connectivity index (χ3v) is 6.66. The van der Waals surface area contributed by atoms with Gasteiger partial charge in [0.2, 0.25) is 5.91 Å². The number of nitrogens with two attached hydrogens (primary N) is 1. The van der Waals surface area contributed by atoms with Gasteiger partial charge in [0.1, 0.15) is 6.04 Å². The Labute approximate surface area is 175 Å². The first-order chi connectivity index (χ1) is 13.4. The van der Waals surface area contributed by atoms with Crippen molar-refractivity contribution in [3.63, 3.8) is 0 Å². The maximum absolute atomic E-state index is 12.6. The maximum Gasteiger partial charge on any atom is 0.421 e. The van der Waals surface area contributed by atoms with Crippen molar-refractivity contribution in [3.05, 3.63) is 0 Å². The van der Waals surface area contributed by atoms with Crippen molar-refractivity contribution < 1.29 is 31.3 Å². The molecule has 166 valence electrons. The van der Waals surface area contributed by atoms with E-state index >= 15 is 0 Å². The van der Waals surface area contributed by atoms with Gasteiger partial charge in [0.05, 0.1) is 12.6 Å². The molecule has 2 bridgehead atoms. The van der Waals surface area contributed by atoms with Crippen LogP contribution in [0.25, 0.3) is 0 Å². The Bertz CT molecular complexity index is 741. The lowest BCUT2D eigenvalue weighted by molar-refractivity contribution is -0.124. The fourth-order valence-corrected chi connectivity index (χ4v) is 4.88. The summed E-state index contributed by atoms with van der Waals surface area (Å²) >= 11 is 1.23. The van der Waals surface area contributed by atoms with Crippen molar-refractivity contribution in [2.24, 2.45) is 11.1 Å². The molecular formula is C17H29N3O7S2. The van der Waals surface area contributed by atoms with Crippen LogP contribution in [0.3, 0.4) is 0 Å². The molecule has 3 amide bonds. The van der Waals surface area contributed by atoms with Gasteiger partial charge in [-0.3, -0.25) is 9.59 Å². The van der Waals surface area contributed by atoms with Crippen molar-refractivity contribution in [2.45, 2.75) is 65.0 Å². The van der Waals surface area contributed by atoms with Crippen molar-refractivity contribution in [1.82, 2.24) is 9.96 Å². The molecule has 0 saturated carbocycles. The Kier molecular flexibility index (Phi) is 7.93. The van der Waals surface area contributed by atoms with E-state index in [1.54, 1.807) is 0 Å². The number of amides is 3. The average Bonchev–Trinajstić information content (AvgIpc) is 2.90. The second-order valence-electron chi connectivity index (χ2n) is 8.09. The summed E-state index contributed by atoms with van der Waals surface area (Å²) in [5, 5.41) is 0.832. The number of thioether (sulfide) groups is 1. The van der Waals surface area contributed by atoms with Gasteiger partial charge in [-0.25, -0.2) is 8.98 Å². The molecule has 0 aromatic rings. The van der Waals surface area contributed by atoms with Gasteiger partial charge in [0.15, 0.2) is 5.12 Å². The molecule has 0 radical (unpaired) electrons. The van der Waals surface area contributed by atoms with Crippen LogP contribution in [0.15, 0.2) is 0 Å². The van der Waals surface area contributed by atoms with Gasteiger partial charge in [-0.15, -0.1) is 4.28 Å². The van der Waals surface area contributed by atoms with Crippen LogP contribution in [-0.2, 0) is 28.5 Å². The zero-order chi connectivity index (χ0) is 21.8. The average molecular weight is 452 g/mol. The van der Waals surface area contributed by atoms with Crippen LogP contribution in [0.4, 0.5) is 4.79 Å². The van der Waals surface area contributed by atoms with Crippen LogP contribution in [0.5, 0.6) is 0 Å². The van der Waals surface area contributed by atoms with E-state index in [4.69, 9.17) is 14.2 Å². The second-order valence-corrected chi connectivity index (χ2v) is 10.6. The number of carbonyl (C=O) groups excluding carboxylic acids is 3. The van der Waals surface area contributed by atoms with E-state index in [-0.39, 0.29) is 11.7 Å². The highest BCUT2D eigenvalue weighted by Gasteiger charge is 2.45. The Hall–Kier alpha value is -1.37. The smallest absolute Gasteiger partial charge is 0.368 e. The van der Waals surface area contributed by atoms with E-state index in [9.17, 15) is 22.8 Å². The van der Waals surface area contributed by atoms with Crippen molar-refractivity contribution in [1.29, 1.82) is 0 Å². The van der Waals surface area contributed by atoms with Crippen LogP contribution in [-0.4, -0.2) is 66.4 Å². The monoisotopic (exact) mass is 451 g/mol. The van der Waals surface area contributed by atoms with Gasteiger partial charge in [-0.1, -0.05) is 25.6 Å². The Morgan fingerprint density at radius 3 is 2.59 bits per heavy atom. The number of urea groups is 1. The molecule has 3 heterocycles. The highest BCUT2D eigenvalue weighted by Crippen LogP contribution is 2.31. The van der Waals surface area contributed by atoms with Crippen LogP contribution in [0, 0.1) is 5.41 Å². The molecule has 0 aliphatic carbocycles. The number of primary amides is 1. The molecule has 0 spiro atoms. The molecule has 3 saturated heterocycles. The van der Waals surface area contributed by atoms with Gasteiger partial charge in [0.25, 0.3) is 0 Å². The molecule has 29 heavy (non-hydrogen) atoms. The summed E-state index contributed by atoms with van der Waals surface area (Å²) in [5.74, 6) is 0.0349. The quantitative estimate of drug-likeness (QED) is 0.492. The van der Waals surface area contributed by atoms with Gasteiger partial charge in [-0.2, -0.15) is 13.5 Å². The molecule has 3 fully saturated rings. The molecule has 12 heteroatoms. The first-order valence-corrected chi connectivity index (χ1v) is 11.9. The number of nitrogens with zero attached hydrogens (tertiary/aromatic N) is 2. The van der Waals surface area contributed by atoms with E-state index in [0.717, 1.165) is 11.5 Å². The zero-order valence-electron chi connectivity index (χ0n) is 17.0. The predicted molar refractivity (Wildman–Crippen MR) is 107 cm³/mol. The molecule has 3 aliphatic heterocycles. The first kappa shape index (κ1) is 23.9. The minimum atomic E-state index is -4.46. The molecule has 10 nitrogen and oxygen atoms in total. The minimum Gasteiger partial charge on any atom is -0.368 e. The normalized spacial score (nSPS) is 22.7. The molecular weight excluding hydrogens is 422 g/mol. The van der Waals surface area contributed by atoms with Crippen molar-refractivity contribution in [3.8, 4) is 0 Å². The van der Waals surface area contributed by atoms with E-state index < -0.39 is 39.8 Å². The largest absolute Gasteiger partial charge is 0.421 e. The van der Waals surface area contributed by atoms with Crippen LogP contribution < -0.4 is 5.73 Å². The number of carbonyl (C=O) groups is 3. The van der Waals surface area contributed by atoms with E-state index in [1.165, 1.54) is 23.6 Å². The fourth-order valence-electron chi connectivity index (χ4n) is 3.42. The third kappa shape index (κ3) is 6.83. The van der Waals surface area contributed by atoms with E-state index in [0.29, 0.717) is 38.0 Å². The summed E-state index contributed by atoms with van der Waals surface area (Å²) in [6, 6.07) is -1.93. The Balaban J connectivity index is 1.92. The minimum absolute atomic E-state index is 0.0424. The molecule has 0 aromatic carbocycles. The number of fused-ring (bicyclic) bond motifs is 4.